The molecular formula is C32H46N6O8S4. The maximum atomic E-state index is 13.3. The number of piperazine rings is 2. The minimum atomic E-state index is -0.347. The lowest BCUT2D eigenvalue weighted by molar-refractivity contribution is -0.133. The predicted octanol–water partition coefficient (Wildman–Crippen LogP) is 3.64. The fourth-order valence-corrected chi connectivity index (χ4v) is 8.70. The minimum Gasteiger partial charge on any atom is -0.450 e. The molecule has 276 valence electrons. The van der Waals surface area contributed by atoms with Crippen molar-refractivity contribution in [3.05, 3.63) is 9.81 Å². The Morgan fingerprint density at radius 2 is 0.900 bits per heavy atom. The van der Waals surface area contributed by atoms with Crippen molar-refractivity contribution in [2.45, 2.75) is 65.2 Å². The van der Waals surface area contributed by atoms with E-state index in [1.54, 1.807) is 33.4 Å². The first-order valence-corrected chi connectivity index (χ1v) is 19.7. The maximum absolute atomic E-state index is 13.3. The maximum Gasteiger partial charge on any atom is 0.409 e. The van der Waals surface area contributed by atoms with Gasteiger partial charge in [-0.25, -0.2) is 9.59 Å². The molecule has 0 saturated carbocycles. The quantitative estimate of drug-likeness (QED) is 0.145. The summed E-state index contributed by atoms with van der Waals surface area (Å²) < 4.78 is 10.9. The van der Waals surface area contributed by atoms with Crippen LogP contribution in [0.1, 0.15) is 65.2 Å². The number of amides is 6. The van der Waals surface area contributed by atoms with Gasteiger partial charge in [0.15, 0.2) is 0 Å². The third-order valence-corrected chi connectivity index (χ3v) is 11.8. The van der Waals surface area contributed by atoms with Crippen molar-refractivity contribution in [1.82, 2.24) is 29.4 Å². The minimum absolute atomic E-state index is 0.0530. The molecule has 50 heavy (non-hydrogen) atoms. The molecule has 0 radical (unpaired) electrons. The number of thioether (sulfide) groups is 2. The summed E-state index contributed by atoms with van der Waals surface area (Å²) in [6, 6.07) is 0. The molecule has 4 heterocycles. The molecule has 4 fully saturated rings. The molecule has 14 nitrogen and oxygen atoms in total. The number of thiocarbonyl (C=S) groups is 2. The van der Waals surface area contributed by atoms with E-state index in [0.717, 1.165) is 36.4 Å². The Kier molecular flexibility index (Phi) is 15.6. The summed E-state index contributed by atoms with van der Waals surface area (Å²) in [5.74, 6) is -0.482. The number of ether oxygens (including phenoxy) is 2. The predicted molar refractivity (Wildman–Crippen MR) is 198 cm³/mol. The number of rotatable bonds is 14. The highest BCUT2D eigenvalue weighted by molar-refractivity contribution is 8.29. The van der Waals surface area contributed by atoms with E-state index in [0.29, 0.717) is 136 Å². The van der Waals surface area contributed by atoms with Gasteiger partial charge in [0.2, 0.25) is 11.8 Å². The third-order valence-electron chi connectivity index (χ3n) is 8.77. The molecule has 0 N–H and O–H groups in total. The van der Waals surface area contributed by atoms with E-state index in [-0.39, 0.29) is 35.8 Å². The third kappa shape index (κ3) is 10.5. The second kappa shape index (κ2) is 19.6. The van der Waals surface area contributed by atoms with E-state index in [1.165, 1.54) is 9.80 Å². The molecule has 0 aromatic carbocycles. The summed E-state index contributed by atoms with van der Waals surface area (Å²) in [5.41, 5.74) is 0. The molecule has 4 aliphatic rings. The lowest BCUT2D eigenvalue weighted by atomic mass is 10.1. The number of hydrogen-bond acceptors (Lipinski definition) is 12. The summed E-state index contributed by atoms with van der Waals surface area (Å²) in [6.45, 7) is 8.76. The van der Waals surface area contributed by atoms with Gasteiger partial charge in [-0.3, -0.25) is 29.0 Å². The first-order chi connectivity index (χ1) is 24.0. The number of carbonyl (C=O) groups is 6. The van der Waals surface area contributed by atoms with Gasteiger partial charge in [-0.15, -0.1) is 0 Å². The Morgan fingerprint density at radius 3 is 1.24 bits per heavy atom. The molecule has 0 aliphatic carbocycles. The highest BCUT2D eigenvalue weighted by atomic mass is 32.2. The van der Waals surface area contributed by atoms with Crippen LogP contribution >= 0.6 is 48.0 Å². The van der Waals surface area contributed by atoms with Gasteiger partial charge in [-0.2, -0.15) is 0 Å². The summed E-state index contributed by atoms with van der Waals surface area (Å²) in [4.78, 5) is 86.1. The number of nitrogens with zero attached hydrogens (tertiary/aromatic N) is 6. The van der Waals surface area contributed by atoms with Gasteiger partial charge >= 0.3 is 12.2 Å². The number of unbranched alkanes of at least 4 members (excludes halogenated alkanes) is 4. The van der Waals surface area contributed by atoms with Crippen molar-refractivity contribution in [2.75, 3.05) is 78.7 Å². The molecule has 0 atom stereocenters. The summed E-state index contributed by atoms with van der Waals surface area (Å²) in [6.07, 6.45) is 4.24. The van der Waals surface area contributed by atoms with Crippen molar-refractivity contribution >= 4 is 92.4 Å². The van der Waals surface area contributed by atoms with Crippen LogP contribution in [-0.4, -0.2) is 153 Å². The second-order valence-electron chi connectivity index (χ2n) is 12.1. The highest BCUT2D eigenvalue weighted by Gasteiger charge is 2.41. The fourth-order valence-electron chi connectivity index (χ4n) is 5.92. The summed E-state index contributed by atoms with van der Waals surface area (Å²) in [5, 5.41) is 0. The Labute approximate surface area is 312 Å². The molecule has 0 spiro atoms. The molecule has 6 amide bonds. The van der Waals surface area contributed by atoms with Crippen LogP contribution in [0.3, 0.4) is 0 Å². The zero-order chi connectivity index (χ0) is 36.2. The monoisotopic (exact) mass is 770 g/mol. The molecule has 4 saturated heterocycles. The van der Waals surface area contributed by atoms with Crippen LogP contribution in [0.4, 0.5) is 9.59 Å². The lowest BCUT2D eigenvalue weighted by Crippen LogP contribution is -2.50. The fraction of sp³-hybridized carbons (Fsp3) is 0.688. The second-order valence-corrected chi connectivity index (χ2v) is 15.4. The molecule has 0 bridgehead atoms. The SMILES string of the molecule is CCOC(=O)N1CCN(C(=O)CCCCCN2C(=O)C(=C3SC(=S)N(CCCCCC(=O)N4CCN(C(=O)OCC)CC4)C3=O)SC2=S)CC1. The van der Waals surface area contributed by atoms with Crippen molar-refractivity contribution in [3.63, 3.8) is 0 Å². The molecule has 0 aromatic rings. The molecular weight excluding hydrogens is 725 g/mol. The van der Waals surface area contributed by atoms with Crippen LogP contribution in [0.5, 0.6) is 0 Å². The normalized spacial score (nSPS) is 20.0. The first-order valence-electron chi connectivity index (χ1n) is 17.3. The van der Waals surface area contributed by atoms with Crippen LogP contribution in [0, 0.1) is 0 Å². The van der Waals surface area contributed by atoms with Crippen LogP contribution < -0.4 is 0 Å². The van der Waals surface area contributed by atoms with E-state index < -0.39 is 0 Å². The molecule has 4 rings (SSSR count). The van der Waals surface area contributed by atoms with Gasteiger partial charge < -0.3 is 29.1 Å². The van der Waals surface area contributed by atoms with Crippen molar-refractivity contribution in [2.24, 2.45) is 0 Å². The standard InChI is InChI=1S/C32H46N6O8S4/c1-3-45-29(43)35-19-15-33(16-20-35)23(39)11-7-5-9-13-37-27(41)25(49-31(37)47)26-28(42)38(32(48)50-26)14-10-6-8-12-24(40)34-17-21-36(22-18-34)30(44)46-4-2/h3-22H2,1-2H3. The van der Waals surface area contributed by atoms with Crippen LogP contribution in [0.2, 0.25) is 0 Å². The van der Waals surface area contributed by atoms with Gasteiger partial charge in [0, 0.05) is 78.3 Å². The Balaban J connectivity index is 1.13. The van der Waals surface area contributed by atoms with Gasteiger partial charge in [-0.1, -0.05) is 60.8 Å². The van der Waals surface area contributed by atoms with Crippen molar-refractivity contribution in [3.8, 4) is 0 Å². The van der Waals surface area contributed by atoms with E-state index in [1.807, 2.05) is 0 Å². The van der Waals surface area contributed by atoms with Crippen LogP contribution in [0.15, 0.2) is 9.81 Å². The average molecular weight is 771 g/mol. The van der Waals surface area contributed by atoms with Gasteiger partial charge in [0.25, 0.3) is 11.8 Å². The van der Waals surface area contributed by atoms with Crippen LogP contribution in [0.25, 0.3) is 0 Å². The average Bonchev–Trinajstić information content (AvgIpc) is 3.56. The van der Waals surface area contributed by atoms with Gasteiger partial charge in [0.05, 0.1) is 23.0 Å². The smallest absolute Gasteiger partial charge is 0.409 e. The van der Waals surface area contributed by atoms with Gasteiger partial charge in [0.1, 0.15) is 8.64 Å². The molecule has 0 aromatic heterocycles. The zero-order valence-electron chi connectivity index (χ0n) is 28.7. The molecule has 4 aliphatic heterocycles. The summed E-state index contributed by atoms with van der Waals surface area (Å²) in [7, 11) is 0. The highest BCUT2D eigenvalue weighted by Crippen LogP contribution is 2.42. The van der Waals surface area contributed by atoms with Crippen molar-refractivity contribution in [1.29, 1.82) is 0 Å². The van der Waals surface area contributed by atoms with E-state index in [2.05, 4.69) is 0 Å². The number of carbonyl (C=O) groups excluding carboxylic acids is 6. The van der Waals surface area contributed by atoms with E-state index >= 15 is 0 Å². The zero-order valence-corrected chi connectivity index (χ0v) is 32.0. The van der Waals surface area contributed by atoms with E-state index in [4.69, 9.17) is 33.9 Å². The molecule has 0 unspecified atom stereocenters. The van der Waals surface area contributed by atoms with Crippen LogP contribution in [-0.2, 0) is 28.7 Å². The Hall–Kier alpha value is -2.96. The van der Waals surface area contributed by atoms with Crippen molar-refractivity contribution < 1.29 is 38.2 Å². The summed E-state index contributed by atoms with van der Waals surface area (Å²) >= 11 is 13.2. The first kappa shape index (κ1) is 39.8. The largest absolute Gasteiger partial charge is 0.450 e. The van der Waals surface area contributed by atoms with Gasteiger partial charge in [-0.05, 0) is 39.5 Å². The van der Waals surface area contributed by atoms with E-state index in [9.17, 15) is 28.8 Å². The molecule has 18 heteroatoms. The Morgan fingerprint density at radius 1 is 0.560 bits per heavy atom. The Bertz CT molecular complexity index is 1260. The lowest BCUT2D eigenvalue weighted by Gasteiger charge is -2.34. The topological polar surface area (TPSA) is 140 Å². The number of hydrogen-bond donors (Lipinski definition) is 0.